The smallest absolute Gasteiger partial charge is 0.251 e. The molecule has 0 saturated carbocycles. The van der Waals surface area contributed by atoms with Crippen LogP contribution in [0.2, 0.25) is 5.02 Å². The summed E-state index contributed by atoms with van der Waals surface area (Å²) in [5, 5.41) is 15.2. The Hall–Kier alpha value is -3.10. The van der Waals surface area contributed by atoms with E-state index in [4.69, 9.17) is 11.6 Å². The van der Waals surface area contributed by atoms with Crippen molar-refractivity contribution >= 4 is 40.9 Å². The van der Waals surface area contributed by atoms with Gasteiger partial charge in [0.1, 0.15) is 0 Å². The van der Waals surface area contributed by atoms with Crippen molar-refractivity contribution in [2.45, 2.75) is 31.6 Å². The van der Waals surface area contributed by atoms with Crippen LogP contribution < -0.4 is 10.6 Å². The molecule has 0 bridgehead atoms. The van der Waals surface area contributed by atoms with Gasteiger partial charge in [0.05, 0.1) is 22.5 Å². The summed E-state index contributed by atoms with van der Waals surface area (Å²) in [7, 11) is 0. The second kappa shape index (κ2) is 11.0. The Morgan fingerprint density at radius 2 is 2.00 bits per heavy atom. The summed E-state index contributed by atoms with van der Waals surface area (Å²) in [6, 6.07) is 14.0. The standard InChI is InChI=1S/C23H24ClN5O2S/c1-4-12-29-21(16(3)25-22(31)17-9-7-8-15(2)13-17)27-28-23(29)32-14-20(30)26-19-11-6-5-10-18(19)24/h4-11,13,16H,1,12,14H2,2-3H3,(H,25,31)(H,26,30)/t16-/m0/s1. The first-order valence-electron chi connectivity index (χ1n) is 9.97. The summed E-state index contributed by atoms with van der Waals surface area (Å²) < 4.78 is 1.83. The van der Waals surface area contributed by atoms with Crippen LogP contribution in [-0.2, 0) is 11.3 Å². The zero-order chi connectivity index (χ0) is 23.1. The van der Waals surface area contributed by atoms with E-state index in [0.717, 1.165) is 5.56 Å². The molecule has 7 nitrogen and oxygen atoms in total. The molecule has 3 aromatic rings. The lowest BCUT2D eigenvalue weighted by molar-refractivity contribution is -0.113. The van der Waals surface area contributed by atoms with E-state index in [2.05, 4.69) is 27.4 Å². The number of thioether (sulfide) groups is 1. The van der Waals surface area contributed by atoms with E-state index in [-0.39, 0.29) is 23.6 Å². The number of carbonyl (C=O) groups is 2. The van der Waals surface area contributed by atoms with Crippen molar-refractivity contribution in [1.82, 2.24) is 20.1 Å². The van der Waals surface area contributed by atoms with Crippen LogP contribution in [0.25, 0.3) is 0 Å². The van der Waals surface area contributed by atoms with Crippen LogP contribution in [0.5, 0.6) is 0 Å². The molecule has 0 saturated heterocycles. The maximum absolute atomic E-state index is 12.6. The number of anilines is 1. The van der Waals surface area contributed by atoms with Crippen molar-refractivity contribution in [2.24, 2.45) is 0 Å². The van der Waals surface area contributed by atoms with Crippen LogP contribution in [0.4, 0.5) is 5.69 Å². The molecule has 2 aromatic carbocycles. The Bertz CT molecular complexity index is 1130. The van der Waals surface area contributed by atoms with Crippen molar-refractivity contribution < 1.29 is 9.59 Å². The third-order valence-electron chi connectivity index (χ3n) is 4.55. The van der Waals surface area contributed by atoms with Gasteiger partial charge in [-0.3, -0.25) is 9.59 Å². The number of aromatic nitrogens is 3. The molecule has 1 aromatic heterocycles. The van der Waals surface area contributed by atoms with E-state index >= 15 is 0 Å². The zero-order valence-corrected chi connectivity index (χ0v) is 19.4. The van der Waals surface area contributed by atoms with Crippen LogP contribution in [0.1, 0.15) is 34.7 Å². The predicted octanol–water partition coefficient (Wildman–Crippen LogP) is 4.65. The lowest BCUT2D eigenvalue weighted by Gasteiger charge is -2.15. The molecule has 0 spiro atoms. The summed E-state index contributed by atoms with van der Waals surface area (Å²) in [6.45, 7) is 8.01. The van der Waals surface area contributed by atoms with Crippen molar-refractivity contribution in [2.75, 3.05) is 11.1 Å². The van der Waals surface area contributed by atoms with E-state index in [1.165, 1.54) is 11.8 Å². The monoisotopic (exact) mass is 469 g/mol. The SMILES string of the molecule is C=CCn1c(SCC(=O)Nc2ccccc2Cl)nnc1[C@H](C)NC(=O)c1cccc(C)c1. The highest BCUT2D eigenvalue weighted by atomic mass is 35.5. The van der Waals surface area contributed by atoms with Gasteiger partial charge in [-0.05, 0) is 38.1 Å². The topological polar surface area (TPSA) is 88.9 Å². The molecular formula is C23H24ClN5O2S. The molecule has 0 fully saturated rings. The van der Waals surface area contributed by atoms with Crippen molar-refractivity contribution in [1.29, 1.82) is 0 Å². The van der Waals surface area contributed by atoms with Gasteiger partial charge in [0.15, 0.2) is 11.0 Å². The number of nitrogens with one attached hydrogen (secondary N) is 2. The average Bonchev–Trinajstić information content (AvgIpc) is 3.17. The van der Waals surface area contributed by atoms with Crippen LogP contribution >= 0.6 is 23.4 Å². The van der Waals surface area contributed by atoms with Gasteiger partial charge in [-0.1, -0.05) is 59.3 Å². The highest BCUT2D eigenvalue weighted by molar-refractivity contribution is 7.99. The van der Waals surface area contributed by atoms with Gasteiger partial charge >= 0.3 is 0 Å². The van der Waals surface area contributed by atoms with Gasteiger partial charge in [-0.25, -0.2) is 0 Å². The molecule has 0 unspecified atom stereocenters. The van der Waals surface area contributed by atoms with E-state index in [0.29, 0.717) is 33.8 Å². The maximum atomic E-state index is 12.6. The third-order valence-corrected chi connectivity index (χ3v) is 5.85. The Kier molecular flexibility index (Phi) is 8.08. The van der Waals surface area contributed by atoms with E-state index < -0.39 is 0 Å². The molecule has 2 N–H and O–H groups in total. The van der Waals surface area contributed by atoms with Crippen LogP contribution in [0.3, 0.4) is 0 Å². The molecule has 1 atom stereocenters. The number of rotatable bonds is 9. The summed E-state index contributed by atoms with van der Waals surface area (Å²) in [4.78, 5) is 25.0. The Morgan fingerprint density at radius 3 is 2.72 bits per heavy atom. The zero-order valence-electron chi connectivity index (χ0n) is 17.8. The van der Waals surface area contributed by atoms with Gasteiger partial charge in [0, 0.05) is 12.1 Å². The summed E-state index contributed by atoms with van der Waals surface area (Å²) in [6.07, 6.45) is 1.72. The molecule has 9 heteroatoms. The number of amides is 2. The number of allylic oxidation sites excluding steroid dienone is 1. The Morgan fingerprint density at radius 1 is 1.22 bits per heavy atom. The number of halogens is 1. The molecule has 0 aliphatic heterocycles. The van der Waals surface area contributed by atoms with Crippen LogP contribution in [0.15, 0.2) is 66.3 Å². The molecule has 0 aliphatic carbocycles. The van der Waals surface area contributed by atoms with Gasteiger partial charge in [0.2, 0.25) is 5.91 Å². The molecule has 3 rings (SSSR count). The van der Waals surface area contributed by atoms with Gasteiger partial charge < -0.3 is 15.2 Å². The highest BCUT2D eigenvalue weighted by Crippen LogP contribution is 2.23. The normalized spacial score (nSPS) is 11.6. The molecule has 0 aliphatic rings. The molecule has 0 radical (unpaired) electrons. The minimum Gasteiger partial charge on any atom is -0.342 e. The molecule has 1 heterocycles. The van der Waals surface area contributed by atoms with E-state index in [1.54, 1.807) is 36.4 Å². The first-order valence-corrected chi connectivity index (χ1v) is 11.3. The van der Waals surface area contributed by atoms with Crippen LogP contribution in [0, 0.1) is 6.92 Å². The minimum atomic E-state index is -0.387. The number of aryl methyl sites for hydroxylation is 1. The predicted molar refractivity (Wildman–Crippen MR) is 128 cm³/mol. The number of nitrogens with zero attached hydrogens (tertiary/aromatic N) is 3. The van der Waals surface area contributed by atoms with Crippen molar-refractivity contribution in [3.63, 3.8) is 0 Å². The largest absolute Gasteiger partial charge is 0.342 e. The Labute approximate surface area is 196 Å². The molecule has 32 heavy (non-hydrogen) atoms. The fourth-order valence-electron chi connectivity index (χ4n) is 3.04. The lowest BCUT2D eigenvalue weighted by atomic mass is 10.1. The van der Waals surface area contributed by atoms with Crippen molar-refractivity contribution in [3.8, 4) is 0 Å². The summed E-state index contributed by atoms with van der Waals surface area (Å²) in [5.74, 6) is 0.311. The second-order valence-corrected chi connectivity index (χ2v) is 8.47. The third kappa shape index (κ3) is 5.99. The van der Waals surface area contributed by atoms with Gasteiger partial charge in [-0.15, -0.1) is 16.8 Å². The number of hydrogen-bond donors (Lipinski definition) is 2. The number of hydrogen-bond acceptors (Lipinski definition) is 5. The molecular weight excluding hydrogens is 446 g/mol. The molecule has 2 amide bonds. The number of benzene rings is 2. The lowest BCUT2D eigenvalue weighted by Crippen LogP contribution is -2.29. The fraction of sp³-hybridized carbons (Fsp3) is 0.217. The number of para-hydroxylation sites is 1. The van der Waals surface area contributed by atoms with E-state index in [1.807, 2.05) is 36.6 Å². The summed E-state index contributed by atoms with van der Waals surface area (Å²) in [5.41, 5.74) is 2.15. The Balaban J connectivity index is 1.67. The first-order chi connectivity index (χ1) is 15.4. The average molecular weight is 470 g/mol. The maximum Gasteiger partial charge on any atom is 0.251 e. The minimum absolute atomic E-state index is 0.129. The highest BCUT2D eigenvalue weighted by Gasteiger charge is 2.20. The quantitative estimate of drug-likeness (QED) is 0.352. The van der Waals surface area contributed by atoms with E-state index in [9.17, 15) is 9.59 Å². The van der Waals surface area contributed by atoms with Gasteiger partial charge in [0.25, 0.3) is 5.91 Å². The first kappa shape index (κ1) is 23.6. The molecule has 166 valence electrons. The summed E-state index contributed by atoms with van der Waals surface area (Å²) >= 11 is 7.34. The van der Waals surface area contributed by atoms with Crippen LogP contribution in [-0.4, -0.2) is 32.3 Å². The second-order valence-electron chi connectivity index (χ2n) is 7.12. The fourth-order valence-corrected chi connectivity index (χ4v) is 3.98. The number of carbonyl (C=O) groups excluding carboxylic acids is 2. The van der Waals surface area contributed by atoms with Crippen molar-refractivity contribution in [3.05, 3.63) is 83.2 Å². The van der Waals surface area contributed by atoms with Gasteiger partial charge in [-0.2, -0.15) is 0 Å².